The van der Waals surface area contributed by atoms with Gasteiger partial charge in [0.1, 0.15) is 5.75 Å². The number of nitrogens with one attached hydrogen (secondary N) is 2. The molecule has 3 rings (SSSR count). The highest BCUT2D eigenvalue weighted by Crippen LogP contribution is 2.26. The van der Waals surface area contributed by atoms with E-state index in [-0.39, 0.29) is 18.1 Å². The monoisotopic (exact) mass is 471 g/mol. The summed E-state index contributed by atoms with van der Waals surface area (Å²) in [7, 11) is 0. The molecule has 1 aromatic heterocycles. The average Bonchev–Trinajstić information content (AvgIpc) is 3.04. The highest BCUT2D eigenvalue weighted by atomic mass is 79.9. The number of benzene rings is 2. The van der Waals surface area contributed by atoms with E-state index in [0.29, 0.717) is 22.2 Å². The number of nitrogens with zero attached hydrogens (tertiary/aromatic N) is 1. The molecule has 0 bridgehead atoms. The number of hydrogen-bond donors (Lipinski definition) is 2. The zero-order chi connectivity index (χ0) is 20.1. The molecule has 0 saturated carbocycles. The van der Waals surface area contributed by atoms with E-state index in [1.165, 1.54) is 35.6 Å². The van der Waals surface area contributed by atoms with Crippen LogP contribution in [0.15, 0.2) is 58.4 Å². The van der Waals surface area contributed by atoms with Gasteiger partial charge in [-0.1, -0.05) is 15.9 Å². The topological polar surface area (TPSA) is 63.2 Å². The Bertz CT molecular complexity index is 944. The van der Waals surface area contributed by atoms with Crippen molar-refractivity contribution in [3.8, 4) is 5.75 Å². The van der Waals surface area contributed by atoms with E-state index in [1.807, 2.05) is 12.1 Å². The molecular formula is C18H13BrF3N3O2S. The summed E-state index contributed by atoms with van der Waals surface area (Å²) in [6.07, 6.45) is -4.62. The fourth-order valence-electron chi connectivity index (χ4n) is 2.21. The van der Waals surface area contributed by atoms with E-state index in [2.05, 4.69) is 36.3 Å². The maximum atomic E-state index is 12.2. The van der Waals surface area contributed by atoms with Gasteiger partial charge in [-0.25, -0.2) is 4.98 Å². The Balaban J connectivity index is 1.55. The first kappa shape index (κ1) is 20.2. The number of carbonyl (C=O) groups is 1. The van der Waals surface area contributed by atoms with Crippen LogP contribution < -0.4 is 15.4 Å². The van der Waals surface area contributed by atoms with Crippen LogP contribution in [0, 0.1) is 0 Å². The van der Waals surface area contributed by atoms with Crippen LogP contribution in [0.5, 0.6) is 5.75 Å². The summed E-state index contributed by atoms with van der Waals surface area (Å²) in [6, 6.07) is 12.5. The SMILES string of the molecule is O=C(Cc1csc(Nc2ccc(OC(F)(F)F)cc2)n1)Nc1ccc(Br)cc1. The van der Waals surface area contributed by atoms with Crippen LogP contribution in [0.2, 0.25) is 0 Å². The first-order valence-electron chi connectivity index (χ1n) is 7.89. The van der Waals surface area contributed by atoms with Crippen LogP contribution in [0.3, 0.4) is 0 Å². The van der Waals surface area contributed by atoms with E-state index in [9.17, 15) is 18.0 Å². The summed E-state index contributed by atoms with van der Waals surface area (Å²) >= 11 is 4.62. The summed E-state index contributed by atoms with van der Waals surface area (Å²) in [4.78, 5) is 16.4. The lowest BCUT2D eigenvalue weighted by Crippen LogP contribution is -2.16. The maximum Gasteiger partial charge on any atom is 0.573 e. The number of amides is 1. The predicted octanol–water partition coefficient (Wildman–Crippen LogP) is 5.73. The Kier molecular flexibility index (Phi) is 6.20. The molecule has 3 aromatic rings. The van der Waals surface area contributed by atoms with Crippen molar-refractivity contribution in [3.05, 3.63) is 64.1 Å². The van der Waals surface area contributed by atoms with Crippen molar-refractivity contribution in [1.29, 1.82) is 0 Å². The zero-order valence-electron chi connectivity index (χ0n) is 14.1. The first-order valence-corrected chi connectivity index (χ1v) is 9.57. The molecule has 2 aromatic carbocycles. The number of anilines is 3. The lowest BCUT2D eigenvalue weighted by Gasteiger charge is -2.09. The van der Waals surface area contributed by atoms with Crippen LogP contribution in [0.25, 0.3) is 0 Å². The second kappa shape index (κ2) is 8.61. The van der Waals surface area contributed by atoms with Crippen molar-refractivity contribution in [2.75, 3.05) is 10.6 Å². The molecule has 0 saturated heterocycles. The second-order valence-corrected chi connectivity index (χ2v) is 7.35. The van der Waals surface area contributed by atoms with E-state index in [1.54, 1.807) is 17.5 Å². The van der Waals surface area contributed by atoms with Gasteiger partial charge in [0.25, 0.3) is 0 Å². The number of ether oxygens (including phenoxy) is 1. The lowest BCUT2D eigenvalue weighted by atomic mass is 10.3. The van der Waals surface area contributed by atoms with Crippen LogP contribution >= 0.6 is 27.3 Å². The van der Waals surface area contributed by atoms with Crippen molar-refractivity contribution in [3.63, 3.8) is 0 Å². The van der Waals surface area contributed by atoms with Gasteiger partial charge in [0.2, 0.25) is 5.91 Å². The molecule has 0 aliphatic carbocycles. The van der Waals surface area contributed by atoms with E-state index < -0.39 is 6.36 Å². The molecular weight excluding hydrogens is 459 g/mol. The highest BCUT2D eigenvalue weighted by Gasteiger charge is 2.30. The molecule has 0 aliphatic heterocycles. The maximum absolute atomic E-state index is 12.2. The van der Waals surface area contributed by atoms with Gasteiger partial charge in [-0.05, 0) is 48.5 Å². The van der Waals surface area contributed by atoms with Gasteiger partial charge in [-0.3, -0.25) is 4.79 Å². The first-order chi connectivity index (χ1) is 13.3. The Hall–Kier alpha value is -2.59. The number of alkyl halides is 3. The molecule has 0 fully saturated rings. The van der Waals surface area contributed by atoms with Crippen LogP contribution in [0.1, 0.15) is 5.69 Å². The van der Waals surface area contributed by atoms with Crippen molar-refractivity contribution in [2.45, 2.75) is 12.8 Å². The molecule has 0 spiro atoms. The van der Waals surface area contributed by atoms with Crippen molar-refractivity contribution >= 4 is 49.7 Å². The fourth-order valence-corrected chi connectivity index (χ4v) is 3.21. The molecule has 0 unspecified atom stereocenters. The summed E-state index contributed by atoms with van der Waals surface area (Å²) in [5.74, 6) is -0.504. The minimum absolute atomic E-state index is 0.104. The summed E-state index contributed by atoms with van der Waals surface area (Å²) < 4.78 is 41.2. The zero-order valence-corrected chi connectivity index (χ0v) is 16.5. The van der Waals surface area contributed by atoms with E-state index in [4.69, 9.17) is 0 Å². The van der Waals surface area contributed by atoms with E-state index >= 15 is 0 Å². The smallest absolute Gasteiger partial charge is 0.406 e. The lowest BCUT2D eigenvalue weighted by molar-refractivity contribution is -0.274. The molecule has 146 valence electrons. The van der Waals surface area contributed by atoms with Crippen LogP contribution in [0.4, 0.5) is 29.7 Å². The molecule has 10 heteroatoms. The number of hydrogen-bond acceptors (Lipinski definition) is 5. The number of thiazole rings is 1. The number of halogens is 4. The minimum Gasteiger partial charge on any atom is -0.406 e. The number of rotatable bonds is 6. The Morgan fingerprint density at radius 2 is 1.71 bits per heavy atom. The van der Waals surface area contributed by atoms with Gasteiger partial charge in [0.05, 0.1) is 12.1 Å². The molecule has 0 atom stereocenters. The normalized spacial score (nSPS) is 11.1. The van der Waals surface area contributed by atoms with Gasteiger partial charge in [-0.15, -0.1) is 24.5 Å². The summed E-state index contributed by atoms with van der Waals surface area (Å²) in [6.45, 7) is 0. The molecule has 2 N–H and O–H groups in total. The Morgan fingerprint density at radius 3 is 2.36 bits per heavy atom. The number of aromatic nitrogens is 1. The van der Waals surface area contributed by atoms with Gasteiger partial charge in [0.15, 0.2) is 5.13 Å². The van der Waals surface area contributed by atoms with Gasteiger partial charge < -0.3 is 15.4 Å². The molecule has 0 radical (unpaired) electrons. The highest BCUT2D eigenvalue weighted by molar-refractivity contribution is 9.10. The fraction of sp³-hybridized carbons (Fsp3) is 0.111. The molecule has 28 heavy (non-hydrogen) atoms. The Morgan fingerprint density at radius 1 is 1.07 bits per heavy atom. The molecule has 1 heterocycles. The van der Waals surface area contributed by atoms with Crippen LogP contribution in [-0.2, 0) is 11.2 Å². The Labute approximate surface area is 170 Å². The molecule has 1 amide bonds. The van der Waals surface area contributed by atoms with Gasteiger partial charge >= 0.3 is 6.36 Å². The second-order valence-electron chi connectivity index (χ2n) is 5.57. The third-order valence-corrected chi connectivity index (χ3v) is 4.70. The standard InChI is InChI=1S/C18H13BrF3N3O2S/c19-11-1-3-12(4-2-11)23-16(26)9-14-10-28-17(25-14)24-13-5-7-15(8-6-13)27-18(20,21)22/h1-8,10H,9H2,(H,23,26)(H,24,25). The van der Waals surface area contributed by atoms with Crippen LogP contribution in [-0.4, -0.2) is 17.3 Å². The molecule has 5 nitrogen and oxygen atoms in total. The van der Waals surface area contributed by atoms with Crippen molar-refractivity contribution < 1.29 is 22.7 Å². The third kappa shape index (κ3) is 6.24. The quantitative estimate of drug-likeness (QED) is 0.481. The van der Waals surface area contributed by atoms with Crippen molar-refractivity contribution in [1.82, 2.24) is 4.98 Å². The summed E-state index contributed by atoms with van der Waals surface area (Å²) in [5.41, 5.74) is 1.82. The molecule has 0 aliphatic rings. The largest absolute Gasteiger partial charge is 0.573 e. The summed E-state index contributed by atoms with van der Waals surface area (Å²) in [5, 5.41) is 8.02. The van der Waals surface area contributed by atoms with Crippen molar-refractivity contribution in [2.24, 2.45) is 0 Å². The minimum atomic E-state index is -4.73. The average molecular weight is 472 g/mol. The third-order valence-electron chi connectivity index (χ3n) is 3.36. The predicted molar refractivity (Wildman–Crippen MR) is 105 cm³/mol. The number of carbonyl (C=O) groups excluding carboxylic acids is 1. The van der Waals surface area contributed by atoms with Gasteiger partial charge in [0, 0.05) is 21.2 Å². The van der Waals surface area contributed by atoms with E-state index in [0.717, 1.165) is 4.47 Å². The van der Waals surface area contributed by atoms with Gasteiger partial charge in [-0.2, -0.15) is 0 Å².